The molecule has 19 heavy (non-hydrogen) atoms. The summed E-state index contributed by atoms with van der Waals surface area (Å²) in [5.41, 5.74) is 2.28. The minimum atomic E-state index is 0.795. The maximum atomic E-state index is 5.29. The molecule has 4 heteroatoms. The molecule has 102 valence electrons. The molecule has 0 saturated heterocycles. The Morgan fingerprint density at radius 3 is 2.89 bits per heavy atom. The number of nitrogens with zero attached hydrogens (tertiary/aromatic N) is 2. The molecule has 0 aliphatic carbocycles. The maximum Gasteiger partial charge on any atom is 0.0645 e. The van der Waals surface area contributed by atoms with E-state index >= 15 is 0 Å². The van der Waals surface area contributed by atoms with Crippen molar-refractivity contribution in [1.82, 2.24) is 15.1 Å². The molecule has 0 radical (unpaired) electrons. The van der Waals surface area contributed by atoms with E-state index < -0.39 is 0 Å². The summed E-state index contributed by atoms with van der Waals surface area (Å²) in [6, 6.07) is 10.1. The van der Waals surface area contributed by atoms with E-state index in [9.17, 15) is 0 Å². The standard InChI is InChI=1S/C15H21N3O/c1-2-19-10-6-9-16-11-14-12-17-18(13-14)15-7-4-3-5-8-15/h3-5,7-8,12-13,16H,2,6,9-11H2,1H3. The molecule has 0 aliphatic heterocycles. The van der Waals surface area contributed by atoms with E-state index in [2.05, 4.69) is 16.6 Å². The van der Waals surface area contributed by atoms with Gasteiger partial charge in [0.15, 0.2) is 0 Å². The third kappa shape index (κ3) is 4.50. The lowest BCUT2D eigenvalue weighted by Crippen LogP contribution is -2.16. The van der Waals surface area contributed by atoms with Gasteiger partial charge in [-0.1, -0.05) is 18.2 Å². The number of aromatic nitrogens is 2. The fraction of sp³-hybridized carbons (Fsp3) is 0.400. The van der Waals surface area contributed by atoms with Crippen molar-refractivity contribution >= 4 is 0 Å². The lowest BCUT2D eigenvalue weighted by molar-refractivity contribution is 0.144. The molecule has 1 aromatic carbocycles. The van der Waals surface area contributed by atoms with Crippen LogP contribution in [-0.2, 0) is 11.3 Å². The summed E-state index contributed by atoms with van der Waals surface area (Å²) in [7, 11) is 0. The van der Waals surface area contributed by atoms with Crippen molar-refractivity contribution in [2.75, 3.05) is 19.8 Å². The Labute approximate surface area is 114 Å². The van der Waals surface area contributed by atoms with Gasteiger partial charge < -0.3 is 10.1 Å². The average Bonchev–Trinajstić information content (AvgIpc) is 2.92. The number of ether oxygens (including phenoxy) is 1. The highest BCUT2D eigenvalue weighted by molar-refractivity contribution is 5.30. The smallest absolute Gasteiger partial charge is 0.0645 e. The van der Waals surface area contributed by atoms with Gasteiger partial charge in [0.1, 0.15) is 0 Å². The van der Waals surface area contributed by atoms with E-state index in [0.717, 1.165) is 38.4 Å². The van der Waals surface area contributed by atoms with Crippen LogP contribution in [0.1, 0.15) is 18.9 Å². The third-order valence-corrected chi connectivity index (χ3v) is 2.83. The molecule has 0 spiro atoms. The van der Waals surface area contributed by atoms with E-state index in [1.807, 2.05) is 48.1 Å². The summed E-state index contributed by atoms with van der Waals surface area (Å²) in [5.74, 6) is 0. The van der Waals surface area contributed by atoms with Crippen molar-refractivity contribution < 1.29 is 4.74 Å². The molecule has 0 bridgehead atoms. The molecule has 4 nitrogen and oxygen atoms in total. The molecule has 0 saturated carbocycles. The quantitative estimate of drug-likeness (QED) is 0.740. The summed E-state index contributed by atoms with van der Waals surface area (Å²) in [6.07, 6.45) is 5.01. The molecule has 1 N–H and O–H groups in total. The normalized spacial score (nSPS) is 10.8. The fourth-order valence-electron chi connectivity index (χ4n) is 1.85. The highest BCUT2D eigenvalue weighted by atomic mass is 16.5. The van der Waals surface area contributed by atoms with E-state index in [1.165, 1.54) is 5.56 Å². The van der Waals surface area contributed by atoms with Crippen LogP contribution in [0.15, 0.2) is 42.7 Å². The predicted octanol–water partition coefficient (Wildman–Crippen LogP) is 2.39. The Bertz CT molecular complexity index is 467. The van der Waals surface area contributed by atoms with Gasteiger partial charge >= 0.3 is 0 Å². The van der Waals surface area contributed by atoms with Crippen LogP contribution >= 0.6 is 0 Å². The largest absolute Gasteiger partial charge is 0.382 e. The monoisotopic (exact) mass is 259 g/mol. The van der Waals surface area contributed by atoms with E-state index in [4.69, 9.17) is 4.74 Å². The lowest BCUT2D eigenvalue weighted by atomic mass is 10.3. The molecular weight excluding hydrogens is 238 g/mol. The van der Waals surface area contributed by atoms with Gasteiger partial charge in [-0.2, -0.15) is 5.10 Å². The van der Waals surface area contributed by atoms with Crippen molar-refractivity contribution in [3.63, 3.8) is 0 Å². The first-order valence-electron chi connectivity index (χ1n) is 6.77. The number of para-hydroxylation sites is 1. The van der Waals surface area contributed by atoms with E-state index in [1.54, 1.807) is 0 Å². The minimum absolute atomic E-state index is 0.795. The second kappa shape index (κ2) is 7.71. The molecule has 0 unspecified atom stereocenters. The molecule has 0 amide bonds. The van der Waals surface area contributed by atoms with Crippen LogP contribution in [0, 0.1) is 0 Å². The summed E-state index contributed by atoms with van der Waals surface area (Å²) < 4.78 is 7.19. The second-order valence-electron chi connectivity index (χ2n) is 4.36. The summed E-state index contributed by atoms with van der Waals surface area (Å²) in [5, 5.41) is 7.76. The molecule has 0 atom stereocenters. The first kappa shape index (κ1) is 13.8. The molecule has 0 aliphatic rings. The number of hydrogen-bond acceptors (Lipinski definition) is 3. The van der Waals surface area contributed by atoms with Gasteiger partial charge in [0.05, 0.1) is 11.9 Å². The Kier molecular flexibility index (Phi) is 5.59. The SMILES string of the molecule is CCOCCCNCc1cnn(-c2ccccc2)c1. The molecule has 2 rings (SSSR count). The molecule has 0 fully saturated rings. The first-order chi connectivity index (χ1) is 9.40. The van der Waals surface area contributed by atoms with Crippen LogP contribution in [0.2, 0.25) is 0 Å². The number of nitrogens with one attached hydrogen (secondary N) is 1. The number of benzene rings is 1. The maximum absolute atomic E-state index is 5.29. The van der Waals surface area contributed by atoms with Crippen LogP contribution in [0.3, 0.4) is 0 Å². The minimum Gasteiger partial charge on any atom is -0.382 e. The van der Waals surface area contributed by atoms with Crippen LogP contribution in [0.5, 0.6) is 0 Å². The van der Waals surface area contributed by atoms with Crippen LogP contribution in [0.25, 0.3) is 5.69 Å². The zero-order valence-corrected chi connectivity index (χ0v) is 11.4. The van der Waals surface area contributed by atoms with Gasteiger partial charge in [-0.05, 0) is 32.0 Å². The summed E-state index contributed by atoms with van der Waals surface area (Å²) in [4.78, 5) is 0. The first-order valence-corrected chi connectivity index (χ1v) is 6.77. The van der Waals surface area contributed by atoms with Gasteiger partial charge in [-0.15, -0.1) is 0 Å². The van der Waals surface area contributed by atoms with Crippen molar-refractivity contribution in [3.8, 4) is 5.69 Å². The van der Waals surface area contributed by atoms with Gasteiger partial charge in [0, 0.05) is 31.5 Å². The van der Waals surface area contributed by atoms with Crippen molar-refractivity contribution in [2.24, 2.45) is 0 Å². The molecular formula is C15H21N3O. The van der Waals surface area contributed by atoms with Gasteiger partial charge in [-0.3, -0.25) is 0 Å². The Morgan fingerprint density at radius 1 is 1.26 bits per heavy atom. The van der Waals surface area contributed by atoms with Crippen molar-refractivity contribution in [2.45, 2.75) is 19.9 Å². The highest BCUT2D eigenvalue weighted by Crippen LogP contribution is 2.07. The average molecular weight is 259 g/mol. The van der Waals surface area contributed by atoms with Gasteiger partial charge in [0.2, 0.25) is 0 Å². The zero-order valence-electron chi connectivity index (χ0n) is 11.4. The number of rotatable bonds is 8. The number of hydrogen-bond donors (Lipinski definition) is 1. The van der Waals surface area contributed by atoms with Crippen LogP contribution in [0.4, 0.5) is 0 Å². The third-order valence-electron chi connectivity index (χ3n) is 2.83. The van der Waals surface area contributed by atoms with Crippen LogP contribution < -0.4 is 5.32 Å². The van der Waals surface area contributed by atoms with E-state index in [-0.39, 0.29) is 0 Å². The van der Waals surface area contributed by atoms with Crippen molar-refractivity contribution in [3.05, 3.63) is 48.3 Å². The molecule has 1 heterocycles. The van der Waals surface area contributed by atoms with E-state index in [0.29, 0.717) is 0 Å². The second-order valence-corrected chi connectivity index (χ2v) is 4.36. The topological polar surface area (TPSA) is 39.1 Å². The van der Waals surface area contributed by atoms with Gasteiger partial charge in [0.25, 0.3) is 0 Å². The summed E-state index contributed by atoms with van der Waals surface area (Å²) in [6.45, 7) is 5.46. The summed E-state index contributed by atoms with van der Waals surface area (Å²) >= 11 is 0. The molecule has 1 aromatic heterocycles. The lowest BCUT2D eigenvalue weighted by Gasteiger charge is -2.03. The molecule has 2 aromatic rings. The fourth-order valence-corrected chi connectivity index (χ4v) is 1.85. The predicted molar refractivity (Wildman–Crippen MR) is 76.4 cm³/mol. The Hall–Kier alpha value is -1.65. The highest BCUT2D eigenvalue weighted by Gasteiger charge is 1.99. The Morgan fingerprint density at radius 2 is 2.11 bits per heavy atom. The van der Waals surface area contributed by atoms with Crippen molar-refractivity contribution in [1.29, 1.82) is 0 Å². The zero-order chi connectivity index (χ0) is 13.3. The Balaban J connectivity index is 1.75. The van der Waals surface area contributed by atoms with Crippen LogP contribution in [-0.4, -0.2) is 29.5 Å². The van der Waals surface area contributed by atoms with Gasteiger partial charge in [-0.25, -0.2) is 4.68 Å².